The third-order valence-corrected chi connectivity index (χ3v) is 5.33. The van der Waals surface area contributed by atoms with Crippen molar-refractivity contribution >= 4 is 6.29 Å². The molecule has 0 aliphatic heterocycles. The summed E-state index contributed by atoms with van der Waals surface area (Å²) in [5, 5.41) is 0. The average Bonchev–Trinajstić information content (AvgIpc) is 2.87. The molecule has 198 valence electrons. The normalized spacial score (nSPS) is 12.0. The Morgan fingerprint density at radius 1 is 0.833 bits per heavy atom. The quantitative estimate of drug-likeness (QED) is 0.0630. The fourth-order valence-electron chi connectivity index (χ4n) is 2.54. The lowest BCUT2D eigenvalue weighted by atomic mass is 9.92. The molecule has 0 aromatic rings. The molecule has 0 bridgehead atoms. The third-order valence-electron chi connectivity index (χ3n) is 5.33. The molecule has 0 fully saturated rings. The number of allylic oxidation sites excluding steroid dienone is 11. The van der Waals surface area contributed by atoms with Gasteiger partial charge in [0.1, 0.15) is 18.7 Å². The van der Waals surface area contributed by atoms with Gasteiger partial charge in [0.15, 0.2) is 0 Å². The van der Waals surface area contributed by atoms with Crippen molar-refractivity contribution < 1.29 is 14.3 Å². The van der Waals surface area contributed by atoms with Crippen molar-refractivity contribution in [3.8, 4) is 0 Å². The summed E-state index contributed by atoms with van der Waals surface area (Å²) < 4.78 is 11.0. The van der Waals surface area contributed by atoms with Crippen LogP contribution in [0.4, 0.5) is 0 Å². The Balaban J connectivity index is 0. The standard InChI is InChI=1S/C30H44O2.C3H4O/c1-12-23(4)14-16-26(7)28(9)21-30(32-20-19-31-11)29(10)27(8)18-17-25(6)24(5)15-13-22(2)3;1-2-3-4/h14,16-18,21-22,24H,4,6-10,12-13,15,19-20H2,1-3,5,11H3;2-3H,1H2/b16-14-,18-17-,30-21+;. The van der Waals surface area contributed by atoms with E-state index in [4.69, 9.17) is 14.3 Å². The van der Waals surface area contributed by atoms with Crippen molar-refractivity contribution in [2.75, 3.05) is 20.3 Å². The van der Waals surface area contributed by atoms with Gasteiger partial charge in [-0.25, -0.2) is 0 Å². The van der Waals surface area contributed by atoms with Gasteiger partial charge in [-0.15, -0.1) is 0 Å². The predicted octanol–water partition coefficient (Wildman–Crippen LogP) is 8.84. The highest BCUT2D eigenvalue weighted by molar-refractivity contribution is 5.63. The lowest BCUT2D eigenvalue weighted by molar-refractivity contribution is -0.104. The second-order valence-corrected chi connectivity index (χ2v) is 8.90. The van der Waals surface area contributed by atoms with E-state index in [1.807, 2.05) is 30.4 Å². The van der Waals surface area contributed by atoms with Crippen molar-refractivity contribution in [2.24, 2.45) is 11.8 Å². The minimum absolute atomic E-state index is 0.402. The summed E-state index contributed by atoms with van der Waals surface area (Å²) in [5.74, 6) is 1.72. The number of hydrogen-bond acceptors (Lipinski definition) is 3. The van der Waals surface area contributed by atoms with Crippen LogP contribution in [0.15, 0.2) is 122 Å². The zero-order valence-electron chi connectivity index (χ0n) is 23.4. The van der Waals surface area contributed by atoms with Gasteiger partial charge in [0, 0.05) is 12.7 Å². The smallest absolute Gasteiger partial charge is 0.142 e. The van der Waals surface area contributed by atoms with E-state index in [-0.39, 0.29) is 0 Å². The number of carbonyl (C=O) groups is 1. The molecular weight excluding hydrogens is 444 g/mol. The average molecular weight is 493 g/mol. The summed E-state index contributed by atoms with van der Waals surface area (Å²) in [6.45, 7) is 37.5. The van der Waals surface area contributed by atoms with Gasteiger partial charge in [0.25, 0.3) is 0 Å². The number of rotatable bonds is 18. The van der Waals surface area contributed by atoms with Crippen molar-refractivity contribution in [1.29, 1.82) is 0 Å². The molecule has 0 amide bonds. The van der Waals surface area contributed by atoms with Crippen LogP contribution in [0.25, 0.3) is 0 Å². The first-order chi connectivity index (χ1) is 16.9. The van der Waals surface area contributed by atoms with E-state index in [0.29, 0.717) is 42.7 Å². The highest BCUT2D eigenvalue weighted by atomic mass is 16.5. The summed E-state index contributed by atoms with van der Waals surface area (Å²) >= 11 is 0. The van der Waals surface area contributed by atoms with E-state index in [2.05, 4.69) is 73.7 Å². The maximum atomic E-state index is 9.06. The monoisotopic (exact) mass is 492 g/mol. The molecule has 0 saturated carbocycles. The van der Waals surface area contributed by atoms with E-state index >= 15 is 0 Å². The van der Waals surface area contributed by atoms with E-state index < -0.39 is 0 Å². The van der Waals surface area contributed by atoms with Gasteiger partial charge in [0.05, 0.1) is 6.61 Å². The SMILES string of the molecule is C=C(/C=C\C(=C)C(=C)/C=C(/OCCOC)C(=C)C(=C)/C=C\C(=C)C(C)CCC(C)C)CC.C=CC=O. The number of aldehydes is 1. The summed E-state index contributed by atoms with van der Waals surface area (Å²) in [6.07, 6.45) is 14.7. The lowest BCUT2D eigenvalue weighted by Crippen LogP contribution is -2.05. The van der Waals surface area contributed by atoms with Crippen LogP contribution in [0.3, 0.4) is 0 Å². The molecule has 0 aliphatic carbocycles. The molecule has 1 unspecified atom stereocenters. The number of carbonyl (C=O) groups excluding carboxylic acids is 1. The molecule has 0 aromatic heterocycles. The molecule has 0 aromatic carbocycles. The minimum atomic E-state index is 0.402. The third kappa shape index (κ3) is 17.3. The Morgan fingerprint density at radius 3 is 1.92 bits per heavy atom. The molecule has 0 radical (unpaired) electrons. The number of hydrogen-bond donors (Lipinski definition) is 0. The van der Waals surface area contributed by atoms with E-state index in [1.165, 1.54) is 12.5 Å². The van der Waals surface area contributed by atoms with Gasteiger partial charge in [-0.2, -0.15) is 0 Å². The lowest BCUT2D eigenvalue weighted by Gasteiger charge is -2.15. The van der Waals surface area contributed by atoms with E-state index in [1.54, 1.807) is 7.11 Å². The van der Waals surface area contributed by atoms with Crippen LogP contribution in [0, 0.1) is 11.8 Å². The summed E-state index contributed by atoms with van der Waals surface area (Å²) in [4.78, 5) is 9.06. The van der Waals surface area contributed by atoms with Gasteiger partial charge in [-0.3, -0.25) is 4.79 Å². The van der Waals surface area contributed by atoms with Gasteiger partial charge in [0.2, 0.25) is 0 Å². The summed E-state index contributed by atoms with van der Waals surface area (Å²) in [7, 11) is 1.64. The van der Waals surface area contributed by atoms with Crippen molar-refractivity contribution in [2.45, 2.75) is 47.0 Å². The first-order valence-electron chi connectivity index (χ1n) is 12.3. The highest BCUT2D eigenvalue weighted by Crippen LogP contribution is 2.24. The summed E-state index contributed by atoms with van der Waals surface area (Å²) in [5.41, 5.74) is 5.10. The molecule has 0 spiro atoms. The summed E-state index contributed by atoms with van der Waals surface area (Å²) in [6, 6.07) is 0. The molecular formula is C33H48O3. The van der Waals surface area contributed by atoms with Gasteiger partial charge in [-0.05, 0) is 53.5 Å². The van der Waals surface area contributed by atoms with Crippen LogP contribution >= 0.6 is 0 Å². The highest BCUT2D eigenvalue weighted by Gasteiger charge is 2.10. The van der Waals surface area contributed by atoms with E-state index in [0.717, 1.165) is 40.7 Å². The zero-order valence-corrected chi connectivity index (χ0v) is 23.4. The van der Waals surface area contributed by atoms with Gasteiger partial charge < -0.3 is 9.47 Å². The molecule has 0 aliphatic rings. The zero-order chi connectivity index (χ0) is 28.1. The van der Waals surface area contributed by atoms with Crippen LogP contribution in [0.1, 0.15) is 47.0 Å². The first-order valence-corrected chi connectivity index (χ1v) is 12.3. The Kier molecular flexibility index (Phi) is 20.5. The molecule has 0 N–H and O–H groups in total. The van der Waals surface area contributed by atoms with E-state index in [9.17, 15) is 0 Å². The van der Waals surface area contributed by atoms with Gasteiger partial charge in [-0.1, -0.05) is 116 Å². The number of ether oxygens (including phenoxy) is 2. The number of methoxy groups -OCH3 is 1. The second kappa shape index (κ2) is 21.1. The molecule has 1 atom stereocenters. The molecule has 3 nitrogen and oxygen atoms in total. The van der Waals surface area contributed by atoms with Crippen LogP contribution in [0.2, 0.25) is 0 Å². The predicted molar refractivity (Wildman–Crippen MR) is 159 cm³/mol. The van der Waals surface area contributed by atoms with Crippen molar-refractivity contribution in [3.05, 3.63) is 122 Å². The Morgan fingerprint density at radius 2 is 1.42 bits per heavy atom. The molecule has 3 heteroatoms. The van der Waals surface area contributed by atoms with Crippen LogP contribution in [0.5, 0.6) is 0 Å². The minimum Gasteiger partial charge on any atom is -0.491 e. The van der Waals surface area contributed by atoms with Crippen LogP contribution in [-0.2, 0) is 14.3 Å². The Labute approximate surface area is 221 Å². The first kappa shape index (κ1) is 35.0. The fourth-order valence-corrected chi connectivity index (χ4v) is 2.54. The molecule has 0 rings (SSSR count). The fraction of sp³-hybridized carbons (Fsp3) is 0.364. The van der Waals surface area contributed by atoms with Crippen LogP contribution in [-0.4, -0.2) is 26.6 Å². The van der Waals surface area contributed by atoms with Gasteiger partial charge >= 0.3 is 0 Å². The molecule has 36 heavy (non-hydrogen) atoms. The topological polar surface area (TPSA) is 35.5 Å². The molecule has 0 saturated heterocycles. The van der Waals surface area contributed by atoms with Crippen molar-refractivity contribution in [1.82, 2.24) is 0 Å². The Bertz CT molecular complexity index is 869. The maximum absolute atomic E-state index is 9.06. The van der Waals surface area contributed by atoms with Crippen LogP contribution < -0.4 is 0 Å². The maximum Gasteiger partial charge on any atom is 0.142 e. The second-order valence-electron chi connectivity index (χ2n) is 8.90. The Hall–Kier alpha value is -3.17. The largest absolute Gasteiger partial charge is 0.491 e. The molecule has 0 heterocycles. The van der Waals surface area contributed by atoms with Crippen molar-refractivity contribution in [3.63, 3.8) is 0 Å².